The van der Waals surface area contributed by atoms with Crippen LogP contribution in [0.5, 0.6) is 0 Å². The highest BCUT2D eigenvalue weighted by atomic mass is 32.2. The van der Waals surface area contributed by atoms with Gasteiger partial charge < -0.3 is 4.90 Å². The molecule has 0 N–H and O–H groups in total. The molecular weight excluding hydrogens is 364 g/mol. The van der Waals surface area contributed by atoms with Gasteiger partial charge in [0.2, 0.25) is 0 Å². The number of aryl methyl sites for hydroxylation is 2. The summed E-state index contributed by atoms with van der Waals surface area (Å²) in [6.45, 7) is 4.63. The van der Waals surface area contributed by atoms with Crippen LogP contribution in [0.1, 0.15) is 28.9 Å². The van der Waals surface area contributed by atoms with E-state index in [0.29, 0.717) is 19.5 Å². The van der Waals surface area contributed by atoms with Crippen LogP contribution in [0.25, 0.3) is 0 Å². The third-order valence-electron chi connectivity index (χ3n) is 4.69. The van der Waals surface area contributed by atoms with Gasteiger partial charge in [-0.05, 0) is 24.8 Å². The summed E-state index contributed by atoms with van der Waals surface area (Å²) in [5, 5.41) is 8.03. The molecule has 1 fully saturated rings. The van der Waals surface area contributed by atoms with Gasteiger partial charge in [-0.3, -0.25) is 9.48 Å². The number of carbonyl (C=O) groups is 1. The third kappa shape index (κ3) is 5.03. The monoisotopic (exact) mass is 388 g/mol. The fourth-order valence-electron chi connectivity index (χ4n) is 3.30. The maximum absolute atomic E-state index is 12.8. The summed E-state index contributed by atoms with van der Waals surface area (Å²) >= 11 is 0. The number of hydrogen-bond acceptors (Lipinski definition) is 5. The molecule has 27 heavy (non-hydrogen) atoms. The Balaban J connectivity index is 1.61. The highest BCUT2D eigenvalue weighted by molar-refractivity contribution is 7.91. The molecule has 1 aromatic heterocycles. The highest BCUT2D eigenvalue weighted by Crippen LogP contribution is 2.19. The Bertz CT molecular complexity index is 893. The Kier molecular flexibility index (Phi) is 6.05. The molecule has 1 amide bonds. The predicted molar refractivity (Wildman–Crippen MR) is 103 cm³/mol. The molecular formula is C19H24N4O3S. The first-order valence-corrected chi connectivity index (χ1v) is 10.9. The van der Waals surface area contributed by atoms with Crippen molar-refractivity contribution in [3.05, 3.63) is 60.4 Å². The molecule has 3 rings (SSSR count). The summed E-state index contributed by atoms with van der Waals surface area (Å²) in [6, 6.07) is 9.85. The van der Waals surface area contributed by atoms with Crippen LogP contribution in [0, 0.1) is 0 Å². The Morgan fingerprint density at radius 2 is 2.11 bits per heavy atom. The van der Waals surface area contributed by atoms with E-state index in [1.54, 1.807) is 17.0 Å². The average Bonchev–Trinajstić information content (AvgIpc) is 3.26. The standard InChI is InChI=1S/C19H24N4O3S/c1-2-11-23(17-10-13-27(25,26)15-17)19(24)18-14-22(21-20-18)12-6-9-16-7-4-3-5-8-16/h2-5,7-8,14,17H,1,6,9-13,15H2. The predicted octanol–water partition coefficient (Wildman–Crippen LogP) is 1.73. The van der Waals surface area contributed by atoms with E-state index >= 15 is 0 Å². The molecule has 144 valence electrons. The molecule has 8 heteroatoms. The van der Waals surface area contributed by atoms with Crippen molar-refractivity contribution in [3.8, 4) is 0 Å². The maximum Gasteiger partial charge on any atom is 0.276 e. The molecule has 0 radical (unpaired) electrons. The number of rotatable bonds is 8. The number of hydrogen-bond donors (Lipinski definition) is 0. The molecule has 0 saturated carbocycles. The zero-order valence-corrected chi connectivity index (χ0v) is 16.0. The fourth-order valence-corrected chi connectivity index (χ4v) is 5.03. The molecule has 7 nitrogen and oxygen atoms in total. The molecule has 1 aliphatic heterocycles. The molecule has 0 spiro atoms. The summed E-state index contributed by atoms with van der Waals surface area (Å²) in [5.41, 5.74) is 1.49. The van der Waals surface area contributed by atoms with E-state index in [1.807, 2.05) is 18.2 Å². The number of aromatic nitrogens is 3. The van der Waals surface area contributed by atoms with Crippen molar-refractivity contribution in [2.75, 3.05) is 18.1 Å². The molecule has 1 aromatic carbocycles. The average molecular weight is 388 g/mol. The second kappa shape index (κ2) is 8.47. The van der Waals surface area contributed by atoms with Crippen LogP contribution in [0.4, 0.5) is 0 Å². The van der Waals surface area contributed by atoms with Crippen molar-refractivity contribution in [2.45, 2.75) is 31.8 Å². The third-order valence-corrected chi connectivity index (χ3v) is 6.44. The van der Waals surface area contributed by atoms with Crippen molar-refractivity contribution < 1.29 is 13.2 Å². The van der Waals surface area contributed by atoms with Gasteiger partial charge in [0.25, 0.3) is 5.91 Å². The lowest BCUT2D eigenvalue weighted by Crippen LogP contribution is -2.41. The maximum atomic E-state index is 12.8. The fraction of sp³-hybridized carbons (Fsp3) is 0.421. The van der Waals surface area contributed by atoms with E-state index < -0.39 is 9.84 Å². The van der Waals surface area contributed by atoms with Gasteiger partial charge in [-0.2, -0.15) is 0 Å². The molecule has 1 atom stereocenters. The van der Waals surface area contributed by atoms with Crippen molar-refractivity contribution in [1.29, 1.82) is 0 Å². The molecule has 1 aliphatic rings. The smallest absolute Gasteiger partial charge is 0.276 e. The molecule has 2 heterocycles. The molecule has 1 saturated heterocycles. The number of sulfone groups is 1. The van der Waals surface area contributed by atoms with E-state index in [2.05, 4.69) is 29.0 Å². The van der Waals surface area contributed by atoms with Gasteiger partial charge in [-0.25, -0.2) is 8.42 Å². The van der Waals surface area contributed by atoms with Gasteiger partial charge in [0.1, 0.15) is 0 Å². The number of carbonyl (C=O) groups excluding carboxylic acids is 1. The number of amides is 1. The molecule has 0 bridgehead atoms. The van der Waals surface area contributed by atoms with Gasteiger partial charge in [-0.1, -0.05) is 41.6 Å². The lowest BCUT2D eigenvalue weighted by molar-refractivity contribution is 0.0714. The Hall–Kier alpha value is -2.48. The summed E-state index contributed by atoms with van der Waals surface area (Å²) in [7, 11) is -3.08. The van der Waals surface area contributed by atoms with Crippen LogP contribution >= 0.6 is 0 Å². The molecule has 1 unspecified atom stereocenters. The first-order valence-electron chi connectivity index (χ1n) is 9.05. The van der Waals surface area contributed by atoms with E-state index in [4.69, 9.17) is 0 Å². The van der Waals surface area contributed by atoms with Gasteiger partial charge in [0.15, 0.2) is 15.5 Å². The lowest BCUT2D eigenvalue weighted by atomic mass is 10.1. The minimum Gasteiger partial charge on any atom is -0.329 e. The number of nitrogens with zero attached hydrogens (tertiary/aromatic N) is 4. The van der Waals surface area contributed by atoms with Crippen LogP contribution in [-0.4, -0.2) is 58.3 Å². The van der Waals surface area contributed by atoms with Crippen molar-refractivity contribution in [1.82, 2.24) is 19.9 Å². The Morgan fingerprint density at radius 1 is 1.33 bits per heavy atom. The summed E-state index contributed by atoms with van der Waals surface area (Å²) in [6.07, 6.45) is 5.50. The van der Waals surface area contributed by atoms with Gasteiger partial charge >= 0.3 is 0 Å². The van der Waals surface area contributed by atoms with Crippen molar-refractivity contribution in [3.63, 3.8) is 0 Å². The van der Waals surface area contributed by atoms with Crippen molar-refractivity contribution >= 4 is 15.7 Å². The van der Waals surface area contributed by atoms with Crippen molar-refractivity contribution in [2.24, 2.45) is 0 Å². The Morgan fingerprint density at radius 3 is 2.78 bits per heavy atom. The van der Waals surface area contributed by atoms with Gasteiger partial charge in [-0.15, -0.1) is 11.7 Å². The van der Waals surface area contributed by atoms with E-state index in [9.17, 15) is 13.2 Å². The van der Waals surface area contributed by atoms with Gasteiger partial charge in [0.05, 0.1) is 17.7 Å². The summed E-state index contributed by atoms with van der Waals surface area (Å²) in [5.74, 6) is -0.186. The highest BCUT2D eigenvalue weighted by Gasteiger charge is 2.35. The molecule has 2 aromatic rings. The van der Waals surface area contributed by atoms with Crippen LogP contribution in [0.3, 0.4) is 0 Å². The first kappa shape index (κ1) is 19.3. The molecule has 0 aliphatic carbocycles. The van der Waals surface area contributed by atoms with Crippen LogP contribution in [-0.2, 0) is 22.8 Å². The van der Waals surface area contributed by atoms with Crippen LogP contribution in [0.2, 0.25) is 0 Å². The topological polar surface area (TPSA) is 85.2 Å². The minimum absolute atomic E-state index is 0.00219. The normalized spacial score (nSPS) is 18.3. The zero-order chi connectivity index (χ0) is 19.3. The summed E-state index contributed by atoms with van der Waals surface area (Å²) < 4.78 is 25.2. The minimum atomic E-state index is -3.08. The van der Waals surface area contributed by atoms with E-state index in [-0.39, 0.29) is 29.1 Å². The van der Waals surface area contributed by atoms with Crippen LogP contribution in [0.15, 0.2) is 49.2 Å². The zero-order valence-electron chi connectivity index (χ0n) is 15.2. The largest absolute Gasteiger partial charge is 0.329 e. The SMILES string of the molecule is C=CCN(C(=O)c1cn(CCCc2ccccc2)nn1)C1CCS(=O)(=O)C1. The van der Waals surface area contributed by atoms with E-state index in [0.717, 1.165) is 12.8 Å². The van der Waals surface area contributed by atoms with Crippen LogP contribution < -0.4 is 0 Å². The second-order valence-corrected chi connectivity index (χ2v) is 8.99. The Labute approximate surface area is 159 Å². The van der Waals surface area contributed by atoms with E-state index in [1.165, 1.54) is 10.5 Å². The quantitative estimate of drug-likeness (QED) is 0.643. The van der Waals surface area contributed by atoms with Gasteiger partial charge in [0, 0.05) is 19.1 Å². The lowest BCUT2D eigenvalue weighted by Gasteiger charge is -2.25. The number of benzene rings is 1. The second-order valence-electron chi connectivity index (χ2n) is 6.76. The summed E-state index contributed by atoms with van der Waals surface area (Å²) in [4.78, 5) is 14.3. The first-order chi connectivity index (χ1) is 13.0.